The van der Waals surface area contributed by atoms with Crippen LogP contribution in [0.15, 0.2) is 61.7 Å². The van der Waals surface area contributed by atoms with Crippen molar-refractivity contribution < 1.29 is 85.8 Å². The van der Waals surface area contributed by atoms with Gasteiger partial charge in [-0.3, -0.25) is 38.4 Å². The molecule has 0 unspecified atom stereocenters. The third-order valence-corrected chi connectivity index (χ3v) is 13.1. The number of carbonyl (C=O) groups excluding carboxylic acids is 10. The van der Waals surface area contributed by atoms with Gasteiger partial charge in [0.05, 0.1) is 73.1 Å². The van der Waals surface area contributed by atoms with Crippen LogP contribution in [-0.2, 0) is 57.3 Å². The van der Waals surface area contributed by atoms with Crippen LogP contribution in [0, 0.1) is 35.5 Å². The molecule has 72 heavy (non-hydrogen) atoms. The lowest BCUT2D eigenvalue weighted by Gasteiger charge is -2.26. The number of ketones is 2. The number of rotatable bonds is 24. The molecule has 3 fully saturated rings. The van der Waals surface area contributed by atoms with Crippen molar-refractivity contribution in [1.29, 1.82) is 0 Å². The fraction of sp³-hybridized carbons (Fsp3) is 0.519. The van der Waals surface area contributed by atoms with Gasteiger partial charge >= 0.3 is 47.8 Å². The summed E-state index contributed by atoms with van der Waals surface area (Å²) in [6, 6.07) is 8.34. The Morgan fingerprint density at radius 1 is 0.403 bits per heavy atom. The van der Waals surface area contributed by atoms with E-state index in [1.165, 1.54) is 50.2 Å². The van der Waals surface area contributed by atoms with Crippen molar-refractivity contribution in [3.05, 3.63) is 72.8 Å². The van der Waals surface area contributed by atoms with Crippen LogP contribution in [0.2, 0.25) is 0 Å². The Bertz CT molecular complexity index is 2160. The summed E-state index contributed by atoms with van der Waals surface area (Å²) in [7, 11) is 0. The maximum absolute atomic E-state index is 13.3. The van der Waals surface area contributed by atoms with Crippen molar-refractivity contribution in [2.75, 3.05) is 26.4 Å². The Balaban J connectivity index is 1.02. The van der Waals surface area contributed by atoms with E-state index in [-0.39, 0.29) is 84.3 Å². The molecular weight excluding hydrogens is 937 g/mol. The van der Waals surface area contributed by atoms with Gasteiger partial charge in [-0.25, -0.2) is 9.59 Å². The summed E-state index contributed by atoms with van der Waals surface area (Å²) in [5.74, 6) is -7.32. The average molecular weight is 1000 g/mol. The van der Waals surface area contributed by atoms with E-state index in [1.807, 2.05) is 0 Å². The summed E-state index contributed by atoms with van der Waals surface area (Å²) in [5.41, 5.74) is 0.0945. The maximum atomic E-state index is 13.3. The fourth-order valence-electron chi connectivity index (χ4n) is 8.80. The number of hydrogen-bond acceptors (Lipinski definition) is 18. The fourth-order valence-corrected chi connectivity index (χ4v) is 8.80. The number of hydrogen-bond donors (Lipinski definition) is 0. The highest BCUT2D eigenvalue weighted by Gasteiger charge is 2.36. The molecule has 2 aromatic carbocycles. The van der Waals surface area contributed by atoms with Gasteiger partial charge in [-0.1, -0.05) is 13.2 Å². The van der Waals surface area contributed by atoms with E-state index in [2.05, 4.69) is 13.2 Å². The third-order valence-electron chi connectivity index (χ3n) is 13.1. The SMILES string of the molecule is C=CC(=O)OCCCCOC(=O)C1CCC(C(=O)Oc2ccc(OC(=O)C3CCC(C(=O)Oc4ccc(OC(=O)C5CCC(C(=O)OCCCCOC(=O)C=C)CC5)c(C(C)=O)c4)CC3)cc2C(C)=O)CC1. The third kappa shape index (κ3) is 17.1. The summed E-state index contributed by atoms with van der Waals surface area (Å²) in [4.78, 5) is 126. The zero-order valence-electron chi connectivity index (χ0n) is 41.0. The molecule has 2 aromatic rings. The summed E-state index contributed by atoms with van der Waals surface area (Å²) >= 11 is 0. The first-order chi connectivity index (χ1) is 34.6. The molecule has 0 radical (unpaired) electrons. The van der Waals surface area contributed by atoms with Crippen molar-refractivity contribution in [1.82, 2.24) is 0 Å². The van der Waals surface area contributed by atoms with Crippen molar-refractivity contribution >= 4 is 59.3 Å². The molecular formula is C54H64O18. The van der Waals surface area contributed by atoms with Gasteiger partial charge in [-0.05, 0) is 153 Å². The van der Waals surface area contributed by atoms with Crippen LogP contribution in [0.25, 0.3) is 0 Å². The van der Waals surface area contributed by atoms with Crippen molar-refractivity contribution in [3.63, 3.8) is 0 Å². The second-order valence-electron chi connectivity index (χ2n) is 18.3. The van der Waals surface area contributed by atoms with Gasteiger partial charge in [0.15, 0.2) is 11.6 Å². The lowest BCUT2D eigenvalue weighted by Crippen LogP contribution is -2.30. The van der Waals surface area contributed by atoms with Crippen LogP contribution in [0.1, 0.15) is 137 Å². The molecule has 3 aliphatic carbocycles. The van der Waals surface area contributed by atoms with Crippen LogP contribution < -0.4 is 18.9 Å². The van der Waals surface area contributed by atoms with Gasteiger partial charge in [0.2, 0.25) is 0 Å². The summed E-state index contributed by atoms with van der Waals surface area (Å²) in [6.07, 6.45) is 8.84. The molecule has 0 heterocycles. The summed E-state index contributed by atoms with van der Waals surface area (Å²) < 4.78 is 43.2. The predicted octanol–water partition coefficient (Wildman–Crippen LogP) is 7.94. The molecule has 18 nitrogen and oxygen atoms in total. The normalized spacial score (nSPS) is 20.5. The second-order valence-corrected chi connectivity index (χ2v) is 18.3. The largest absolute Gasteiger partial charge is 0.465 e. The topological polar surface area (TPSA) is 245 Å². The van der Waals surface area contributed by atoms with E-state index in [0.717, 1.165) is 12.2 Å². The molecule has 0 bridgehead atoms. The smallest absolute Gasteiger partial charge is 0.330 e. The molecule has 0 spiro atoms. The van der Waals surface area contributed by atoms with E-state index in [9.17, 15) is 47.9 Å². The zero-order chi connectivity index (χ0) is 52.2. The number of benzene rings is 2. The van der Waals surface area contributed by atoms with E-state index in [1.54, 1.807) is 0 Å². The van der Waals surface area contributed by atoms with Gasteiger partial charge in [0.1, 0.15) is 23.0 Å². The highest BCUT2D eigenvalue weighted by molar-refractivity contribution is 5.99. The minimum absolute atomic E-state index is 0.0185. The van der Waals surface area contributed by atoms with Crippen LogP contribution in [-0.4, -0.2) is 85.7 Å². The summed E-state index contributed by atoms with van der Waals surface area (Å²) in [6.45, 7) is 10.0. The number of carbonyl (C=O) groups is 10. The van der Waals surface area contributed by atoms with Crippen molar-refractivity contribution in [3.8, 4) is 23.0 Å². The molecule has 3 aliphatic rings. The van der Waals surface area contributed by atoms with Crippen molar-refractivity contribution in [2.24, 2.45) is 35.5 Å². The minimum Gasteiger partial charge on any atom is -0.465 e. The monoisotopic (exact) mass is 1000 g/mol. The average Bonchev–Trinajstić information content (AvgIpc) is 3.38. The number of unbranched alkanes of at least 4 members (excludes halogenated alkanes) is 2. The van der Waals surface area contributed by atoms with E-state index >= 15 is 0 Å². The Hall–Kier alpha value is -6.98. The lowest BCUT2D eigenvalue weighted by atomic mass is 9.82. The number of esters is 8. The molecule has 388 valence electrons. The van der Waals surface area contributed by atoms with E-state index in [4.69, 9.17) is 37.9 Å². The first-order valence-corrected chi connectivity index (χ1v) is 24.6. The Morgan fingerprint density at radius 3 is 0.944 bits per heavy atom. The zero-order valence-corrected chi connectivity index (χ0v) is 41.0. The van der Waals surface area contributed by atoms with Gasteiger partial charge in [0, 0.05) is 12.2 Å². The second kappa shape index (κ2) is 28.2. The maximum Gasteiger partial charge on any atom is 0.330 e. The minimum atomic E-state index is -0.550. The summed E-state index contributed by atoms with van der Waals surface area (Å²) in [5, 5.41) is 0. The van der Waals surface area contributed by atoms with Crippen LogP contribution in [0.4, 0.5) is 0 Å². The molecule has 0 saturated heterocycles. The highest BCUT2D eigenvalue weighted by atomic mass is 16.6. The molecule has 3 saturated carbocycles. The van der Waals surface area contributed by atoms with Crippen LogP contribution in [0.3, 0.4) is 0 Å². The molecule has 18 heteroatoms. The van der Waals surface area contributed by atoms with Gasteiger partial charge in [-0.15, -0.1) is 0 Å². The highest BCUT2D eigenvalue weighted by Crippen LogP contribution is 2.36. The van der Waals surface area contributed by atoms with E-state index < -0.39 is 71.1 Å². The van der Waals surface area contributed by atoms with E-state index in [0.29, 0.717) is 103 Å². The Morgan fingerprint density at radius 2 is 0.667 bits per heavy atom. The standard InChI is InChI=1S/C54H64O18/c1-5-47(57)65-27-7-9-29-67-49(59)35-11-15-39(16-12-35)53(63)71-45-25-23-41(31-43(45)33(3)55)69-51(61)37-19-21-38(22-20-37)52(62)70-42-24-26-46(44(32-42)34(4)56)72-54(64)40-17-13-36(14-18-40)50(60)68-30-10-8-28-66-48(58)6-2/h5-6,23-26,31-32,35-40H,1-2,7-22,27-30H2,3-4H3. The molecule has 0 N–H and O–H groups in total. The molecule has 0 aromatic heterocycles. The molecule has 5 rings (SSSR count). The van der Waals surface area contributed by atoms with Crippen LogP contribution in [0.5, 0.6) is 23.0 Å². The number of Topliss-reactive ketones (excluding diaryl/α,β-unsaturated/α-hetero) is 2. The first kappa shape index (κ1) is 55.9. The Labute approximate surface area is 418 Å². The Kier molecular flexibility index (Phi) is 21.9. The first-order valence-electron chi connectivity index (χ1n) is 24.6. The van der Waals surface area contributed by atoms with Gasteiger partial charge < -0.3 is 37.9 Å². The van der Waals surface area contributed by atoms with Crippen LogP contribution >= 0.6 is 0 Å². The van der Waals surface area contributed by atoms with Crippen molar-refractivity contribution in [2.45, 2.75) is 117 Å². The van der Waals surface area contributed by atoms with Gasteiger partial charge in [-0.2, -0.15) is 0 Å². The van der Waals surface area contributed by atoms with Gasteiger partial charge in [0.25, 0.3) is 0 Å². The molecule has 0 aliphatic heterocycles. The lowest BCUT2D eigenvalue weighted by molar-refractivity contribution is -0.152. The predicted molar refractivity (Wildman–Crippen MR) is 254 cm³/mol. The molecule has 0 amide bonds. The quantitative estimate of drug-likeness (QED) is 0.0242. The molecule has 0 atom stereocenters. The number of ether oxygens (including phenoxy) is 8.